The maximum atomic E-state index is 5.17. The Kier molecular flexibility index (Phi) is 5.06. The highest BCUT2D eigenvalue weighted by Gasteiger charge is 2.12. The Morgan fingerprint density at radius 2 is 1.79 bits per heavy atom. The van der Waals surface area contributed by atoms with Crippen molar-refractivity contribution in [1.29, 1.82) is 0 Å². The third kappa shape index (κ3) is 3.83. The van der Waals surface area contributed by atoms with Gasteiger partial charge in [0.1, 0.15) is 5.75 Å². The van der Waals surface area contributed by atoms with Crippen LogP contribution in [-0.4, -0.2) is 7.11 Å². The Hall–Kier alpha value is -0.800. The summed E-state index contributed by atoms with van der Waals surface area (Å²) in [6, 6.07) is 14.7. The summed E-state index contributed by atoms with van der Waals surface area (Å²) in [7, 11) is 1.69. The highest BCUT2D eigenvalue weighted by atomic mass is 79.9. The van der Waals surface area contributed by atoms with E-state index >= 15 is 0 Å². The van der Waals surface area contributed by atoms with Crippen LogP contribution in [0.2, 0.25) is 0 Å². The minimum absolute atomic E-state index is 0.302. The van der Waals surface area contributed by atoms with Crippen molar-refractivity contribution in [2.75, 3.05) is 7.11 Å². The van der Waals surface area contributed by atoms with Crippen molar-refractivity contribution in [2.45, 2.75) is 18.2 Å². The van der Waals surface area contributed by atoms with E-state index in [0.29, 0.717) is 4.83 Å². The molecular formula is C16H16Br2O. The number of hydrogen-bond acceptors (Lipinski definition) is 1. The van der Waals surface area contributed by atoms with Crippen LogP contribution in [0, 0.1) is 6.92 Å². The van der Waals surface area contributed by atoms with Crippen molar-refractivity contribution in [2.24, 2.45) is 0 Å². The van der Waals surface area contributed by atoms with Crippen LogP contribution in [0.4, 0.5) is 0 Å². The highest BCUT2D eigenvalue weighted by Crippen LogP contribution is 2.33. The lowest BCUT2D eigenvalue weighted by Gasteiger charge is -2.13. The summed E-state index contributed by atoms with van der Waals surface area (Å²) in [5.74, 6) is 0.895. The van der Waals surface area contributed by atoms with Gasteiger partial charge in [-0.1, -0.05) is 56.1 Å². The van der Waals surface area contributed by atoms with Gasteiger partial charge in [0.15, 0.2) is 0 Å². The van der Waals surface area contributed by atoms with E-state index in [4.69, 9.17) is 4.74 Å². The molecule has 0 fully saturated rings. The molecule has 0 aliphatic heterocycles. The molecule has 0 saturated carbocycles. The van der Waals surface area contributed by atoms with Crippen molar-refractivity contribution in [3.05, 3.63) is 63.6 Å². The number of rotatable bonds is 4. The van der Waals surface area contributed by atoms with Gasteiger partial charge in [0.2, 0.25) is 0 Å². The van der Waals surface area contributed by atoms with Crippen LogP contribution in [0.15, 0.2) is 46.9 Å². The zero-order valence-electron chi connectivity index (χ0n) is 11.0. The van der Waals surface area contributed by atoms with Crippen molar-refractivity contribution < 1.29 is 4.74 Å². The fourth-order valence-electron chi connectivity index (χ4n) is 1.96. The minimum Gasteiger partial charge on any atom is -0.497 e. The lowest BCUT2D eigenvalue weighted by molar-refractivity contribution is 0.414. The van der Waals surface area contributed by atoms with Gasteiger partial charge in [-0.2, -0.15) is 0 Å². The van der Waals surface area contributed by atoms with Gasteiger partial charge in [-0.3, -0.25) is 0 Å². The van der Waals surface area contributed by atoms with E-state index in [2.05, 4.69) is 69.1 Å². The van der Waals surface area contributed by atoms with Crippen LogP contribution in [0.1, 0.15) is 21.5 Å². The summed E-state index contributed by atoms with van der Waals surface area (Å²) in [6.07, 6.45) is 0.950. The summed E-state index contributed by atoms with van der Waals surface area (Å²) in [5, 5.41) is 0. The van der Waals surface area contributed by atoms with E-state index < -0.39 is 0 Å². The quantitative estimate of drug-likeness (QED) is 0.638. The van der Waals surface area contributed by atoms with Crippen LogP contribution in [0.5, 0.6) is 5.75 Å². The van der Waals surface area contributed by atoms with Crippen LogP contribution < -0.4 is 4.74 Å². The number of ether oxygens (including phenoxy) is 1. The van der Waals surface area contributed by atoms with E-state index in [0.717, 1.165) is 16.6 Å². The maximum Gasteiger partial charge on any atom is 0.118 e. The Morgan fingerprint density at radius 1 is 1.11 bits per heavy atom. The lowest BCUT2D eigenvalue weighted by atomic mass is 10.0. The van der Waals surface area contributed by atoms with Crippen molar-refractivity contribution >= 4 is 31.9 Å². The maximum absolute atomic E-state index is 5.17. The Morgan fingerprint density at radius 3 is 2.37 bits per heavy atom. The minimum atomic E-state index is 0.302. The van der Waals surface area contributed by atoms with Gasteiger partial charge in [0.25, 0.3) is 0 Å². The summed E-state index contributed by atoms with van der Waals surface area (Å²) in [4.78, 5) is 0.302. The first-order valence-electron chi connectivity index (χ1n) is 6.13. The molecule has 0 N–H and O–H groups in total. The standard InChI is InChI=1S/C16H16Br2O/c1-11-3-8-14(15(17)9-11)16(18)10-12-4-6-13(19-2)7-5-12/h3-9,16H,10H2,1-2H3. The number of aryl methyl sites for hydroxylation is 1. The fraction of sp³-hybridized carbons (Fsp3) is 0.250. The lowest BCUT2D eigenvalue weighted by Crippen LogP contribution is -1.97. The molecule has 100 valence electrons. The first-order chi connectivity index (χ1) is 9.10. The summed E-state index contributed by atoms with van der Waals surface area (Å²) in [6.45, 7) is 2.10. The Balaban J connectivity index is 2.13. The predicted octanol–water partition coefficient (Wildman–Crippen LogP) is 5.44. The molecule has 0 aliphatic carbocycles. The molecule has 0 bridgehead atoms. The number of hydrogen-bond donors (Lipinski definition) is 0. The van der Waals surface area contributed by atoms with Gasteiger partial charge in [-0.25, -0.2) is 0 Å². The molecular weight excluding hydrogens is 368 g/mol. The second-order valence-electron chi connectivity index (χ2n) is 4.54. The molecule has 1 unspecified atom stereocenters. The zero-order chi connectivity index (χ0) is 13.8. The van der Waals surface area contributed by atoms with Crippen molar-refractivity contribution in [3.8, 4) is 5.75 Å². The molecule has 0 saturated heterocycles. The molecule has 19 heavy (non-hydrogen) atoms. The normalized spacial score (nSPS) is 12.2. The number of benzene rings is 2. The average Bonchev–Trinajstić information content (AvgIpc) is 2.39. The SMILES string of the molecule is COc1ccc(CC(Br)c2ccc(C)cc2Br)cc1. The molecule has 0 aromatic heterocycles. The van der Waals surface area contributed by atoms with Crippen molar-refractivity contribution in [3.63, 3.8) is 0 Å². The van der Waals surface area contributed by atoms with Crippen LogP contribution >= 0.6 is 31.9 Å². The Labute approximate surface area is 131 Å². The first kappa shape index (κ1) is 14.6. The molecule has 1 nitrogen and oxygen atoms in total. The van der Waals surface area contributed by atoms with E-state index in [1.807, 2.05) is 12.1 Å². The summed E-state index contributed by atoms with van der Waals surface area (Å²) >= 11 is 7.41. The second-order valence-corrected chi connectivity index (χ2v) is 6.50. The molecule has 1 atom stereocenters. The Bertz CT molecular complexity index is 549. The molecule has 0 aliphatic rings. The molecule has 2 rings (SSSR count). The smallest absolute Gasteiger partial charge is 0.118 e. The zero-order valence-corrected chi connectivity index (χ0v) is 14.2. The first-order valence-corrected chi connectivity index (χ1v) is 7.84. The second kappa shape index (κ2) is 6.58. The van der Waals surface area contributed by atoms with E-state index in [-0.39, 0.29) is 0 Å². The van der Waals surface area contributed by atoms with Gasteiger partial charge in [0, 0.05) is 9.30 Å². The number of halogens is 2. The van der Waals surface area contributed by atoms with Crippen LogP contribution in [0.25, 0.3) is 0 Å². The molecule has 0 radical (unpaired) electrons. The van der Waals surface area contributed by atoms with E-state index in [1.165, 1.54) is 16.7 Å². The van der Waals surface area contributed by atoms with Gasteiger partial charge >= 0.3 is 0 Å². The van der Waals surface area contributed by atoms with Gasteiger partial charge in [0.05, 0.1) is 7.11 Å². The van der Waals surface area contributed by atoms with Crippen molar-refractivity contribution in [1.82, 2.24) is 0 Å². The predicted molar refractivity (Wildman–Crippen MR) is 87.2 cm³/mol. The highest BCUT2D eigenvalue weighted by molar-refractivity contribution is 9.11. The molecule has 2 aromatic rings. The van der Waals surface area contributed by atoms with Gasteiger partial charge < -0.3 is 4.74 Å². The van der Waals surface area contributed by atoms with Crippen LogP contribution in [0.3, 0.4) is 0 Å². The third-order valence-electron chi connectivity index (χ3n) is 3.07. The molecule has 0 spiro atoms. The molecule has 3 heteroatoms. The molecule has 0 heterocycles. The van der Waals surface area contributed by atoms with Crippen LogP contribution in [-0.2, 0) is 6.42 Å². The van der Waals surface area contributed by atoms with E-state index in [9.17, 15) is 0 Å². The van der Waals surface area contributed by atoms with E-state index in [1.54, 1.807) is 7.11 Å². The fourth-order valence-corrected chi connectivity index (χ4v) is 3.81. The molecule has 0 amide bonds. The monoisotopic (exact) mass is 382 g/mol. The number of alkyl halides is 1. The topological polar surface area (TPSA) is 9.23 Å². The van der Waals surface area contributed by atoms with Gasteiger partial charge in [-0.05, 0) is 48.2 Å². The summed E-state index contributed by atoms with van der Waals surface area (Å²) < 4.78 is 6.33. The van der Waals surface area contributed by atoms with Gasteiger partial charge in [-0.15, -0.1) is 0 Å². The number of methoxy groups -OCH3 is 1. The largest absolute Gasteiger partial charge is 0.497 e. The summed E-state index contributed by atoms with van der Waals surface area (Å²) in [5.41, 5.74) is 3.83. The molecule has 2 aromatic carbocycles. The average molecular weight is 384 g/mol. The third-order valence-corrected chi connectivity index (χ3v) is 4.57.